The molecule has 7 heteroatoms. The quantitative estimate of drug-likeness (QED) is 0.814. The van der Waals surface area contributed by atoms with Crippen LogP contribution in [-0.4, -0.2) is 60.6 Å². The fraction of sp³-hybridized carbons (Fsp3) is 0.611. The second-order valence-corrected chi connectivity index (χ2v) is 6.85. The molecule has 1 atom stereocenters. The zero-order valence-electron chi connectivity index (χ0n) is 14.4. The molecule has 0 aliphatic carbocycles. The van der Waals surface area contributed by atoms with E-state index in [1.165, 1.54) is 12.1 Å². The Labute approximate surface area is 146 Å². The highest BCUT2D eigenvalue weighted by Gasteiger charge is 2.30. The van der Waals surface area contributed by atoms with Gasteiger partial charge in [-0.1, -0.05) is 18.2 Å². The van der Waals surface area contributed by atoms with Gasteiger partial charge in [-0.25, -0.2) is 0 Å². The lowest BCUT2D eigenvalue weighted by Crippen LogP contribution is -2.41. The van der Waals surface area contributed by atoms with Gasteiger partial charge >= 0.3 is 12.1 Å². The van der Waals surface area contributed by atoms with Gasteiger partial charge in [-0.2, -0.15) is 13.2 Å². The van der Waals surface area contributed by atoms with Crippen molar-refractivity contribution in [2.24, 2.45) is 5.92 Å². The van der Waals surface area contributed by atoms with Gasteiger partial charge in [0, 0.05) is 19.6 Å². The van der Waals surface area contributed by atoms with Gasteiger partial charge in [0.15, 0.2) is 0 Å². The van der Waals surface area contributed by atoms with Crippen molar-refractivity contribution in [3.05, 3.63) is 35.4 Å². The Kier molecular flexibility index (Phi) is 6.84. The number of nitrogens with zero attached hydrogens (tertiary/aromatic N) is 2. The normalized spacial score (nSPS) is 19.3. The van der Waals surface area contributed by atoms with Crippen LogP contribution in [0, 0.1) is 5.92 Å². The lowest BCUT2D eigenvalue weighted by Gasteiger charge is -2.34. The molecule has 1 heterocycles. The number of likely N-dealkylation sites (N-methyl/N-ethyl adjacent to an activating group) is 1. The van der Waals surface area contributed by atoms with Crippen LogP contribution >= 0.6 is 0 Å². The van der Waals surface area contributed by atoms with Gasteiger partial charge in [0.25, 0.3) is 0 Å². The lowest BCUT2D eigenvalue weighted by atomic mass is 9.97. The summed E-state index contributed by atoms with van der Waals surface area (Å²) in [6, 6.07) is 5.51. The molecule has 0 amide bonds. The summed E-state index contributed by atoms with van der Waals surface area (Å²) in [4.78, 5) is 14.8. The first-order chi connectivity index (χ1) is 11.7. The number of piperidine rings is 1. The molecule has 1 aliphatic rings. The van der Waals surface area contributed by atoms with Gasteiger partial charge in [-0.3, -0.25) is 9.69 Å². The molecule has 1 fully saturated rings. The highest BCUT2D eigenvalue weighted by Crippen LogP contribution is 2.29. The Balaban J connectivity index is 1.83. The second kappa shape index (κ2) is 8.67. The third-order valence-electron chi connectivity index (χ3n) is 4.55. The standard InChI is InChI=1S/C18H25F3N2O2/c1-22(13-17(24)25)11-15-5-3-8-23(12-15)9-7-14-4-2-6-16(10-14)18(19,20)21/h2,4,6,10,15H,3,5,7-9,11-13H2,1H3,(H,24,25)/t15-/m0/s1. The SMILES string of the molecule is CN(CC(=O)O)C[C@@H]1CCCN(CCc2cccc(C(F)(F)F)c2)C1. The zero-order chi connectivity index (χ0) is 18.4. The van der Waals surface area contributed by atoms with Crippen LogP contribution < -0.4 is 0 Å². The number of hydrogen-bond donors (Lipinski definition) is 1. The zero-order valence-corrected chi connectivity index (χ0v) is 14.4. The molecule has 4 nitrogen and oxygen atoms in total. The molecule has 0 spiro atoms. The van der Waals surface area contributed by atoms with Crippen molar-refractivity contribution in [1.29, 1.82) is 0 Å². The average Bonchev–Trinajstić information content (AvgIpc) is 2.52. The second-order valence-electron chi connectivity index (χ2n) is 6.85. The van der Waals surface area contributed by atoms with Gasteiger partial charge in [-0.05, 0) is 50.4 Å². The molecular weight excluding hydrogens is 333 g/mol. The van der Waals surface area contributed by atoms with Crippen LogP contribution in [0.2, 0.25) is 0 Å². The van der Waals surface area contributed by atoms with Crippen LogP contribution in [0.15, 0.2) is 24.3 Å². The summed E-state index contributed by atoms with van der Waals surface area (Å²) in [5.41, 5.74) is 0.0942. The monoisotopic (exact) mass is 358 g/mol. The Morgan fingerprint density at radius 2 is 2.16 bits per heavy atom. The lowest BCUT2D eigenvalue weighted by molar-refractivity contribution is -0.138. The first-order valence-corrected chi connectivity index (χ1v) is 8.53. The smallest absolute Gasteiger partial charge is 0.416 e. The molecule has 0 saturated carbocycles. The minimum absolute atomic E-state index is 0.0285. The van der Waals surface area contributed by atoms with E-state index >= 15 is 0 Å². The number of halogens is 3. The number of carbonyl (C=O) groups is 1. The summed E-state index contributed by atoms with van der Waals surface area (Å²) >= 11 is 0. The van der Waals surface area contributed by atoms with E-state index in [0.717, 1.165) is 45.1 Å². The van der Waals surface area contributed by atoms with Gasteiger partial charge in [0.2, 0.25) is 0 Å². The largest absolute Gasteiger partial charge is 0.480 e. The third kappa shape index (κ3) is 6.66. The maximum atomic E-state index is 12.8. The van der Waals surface area contributed by atoms with E-state index in [1.54, 1.807) is 13.1 Å². The minimum atomic E-state index is -4.30. The molecule has 1 saturated heterocycles. The molecule has 2 rings (SSSR count). The van der Waals surface area contributed by atoms with Crippen molar-refractivity contribution >= 4 is 5.97 Å². The van der Waals surface area contributed by atoms with E-state index in [4.69, 9.17) is 5.11 Å². The van der Waals surface area contributed by atoms with E-state index in [1.807, 2.05) is 4.90 Å². The van der Waals surface area contributed by atoms with E-state index in [-0.39, 0.29) is 6.54 Å². The van der Waals surface area contributed by atoms with Crippen molar-refractivity contribution in [3.63, 3.8) is 0 Å². The van der Waals surface area contributed by atoms with Crippen LogP contribution in [0.3, 0.4) is 0 Å². The predicted molar refractivity (Wildman–Crippen MR) is 89.4 cm³/mol. The van der Waals surface area contributed by atoms with Gasteiger partial charge < -0.3 is 10.0 Å². The molecule has 0 radical (unpaired) electrons. The van der Waals surface area contributed by atoms with Crippen molar-refractivity contribution in [2.75, 3.05) is 39.8 Å². The van der Waals surface area contributed by atoms with Crippen LogP contribution in [-0.2, 0) is 17.4 Å². The van der Waals surface area contributed by atoms with Crippen LogP contribution in [0.5, 0.6) is 0 Å². The van der Waals surface area contributed by atoms with E-state index in [0.29, 0.717) is 17.9 Å². The minimum Gasteiger partial charge on any atom is -0.480 e. The summed E-state index contributed by atoms with van der Waals surface area (Å²) in [5, 5.41) is 8.82. The van der Waals surface area contributed by atoms with Crippen molar-refractivity contribution in [1.82, 2.24) is 9.80 Å². The van der Waals surface area contributed by atoms with Gasteiger partial charge in [-0.15, -0.1) is 0 Å². The summed E-state index contributed by atoms with van der Waals surface area (Å²) in [7, 11) is 1.80. The van der Waals surface area contributed by atoms with Gasteiger partial charge in [0.05, 0.1) is 12.1 Å². The van der Waals surface area contributed by atoms with Crippen molar-refractivity contribution in [3.8, 4) is 0 Å². The topological polar surface area (TPSA) is 43.8 Å². The number of aliphatic carboxylic acids is 1. The highest BCUT2D eigenvalue weighted by molar-refractivity contribution is 5.68. The summed E-state index contributed by atoms with van der Waals surface area (Å²) in [6.45, 7) is 3.29. The molecule has 0 aromatic heterocycles. The maximum Gasteiger partial charge on any atom is 0.416 e. The molecule has 0 bridgehead atoms. The predicted octanol–water partition coefficient (Wildman–Crippen LogP) is 2.98. The number of benzene rings is 1. The first kappa shape index (κ1) is 19.7. The maximum absolute atomic E-state index is 12.8. The molecule has 1 aliphatic heterocycles. The number of carboxylic acid groups (broad SMARTS) is 1. The number of likely N-dealkylation sites (tertiary alicyclic amines) is 1. The Morgan fingerprint density at radius 1 is 1.40 bits per heavy atom. The molecule has 1 aromatic rings. The first-order valence-electron chi connectivity index (χ1n) is 8.53. The number of rotatable bonds is 7. The van der Waals surface area contributed by atoms with Crippen LogP contribution in [0.4, 0.5) is 13.2 Å². The highest BCUT2D eigenvalue weighted by atomic mass is 19.4. The van der Waals surface area contributed by atoms with Crippen LogP contribution in [0.25, 0.3) is 0 Å². The van der Waals surface area contributed by atoms with E-state index < -0.39 is 17.7 Å². The number of hydrogen-bond acceptors (Lipinski definition) is 3. The third-order valence-corrected chi connectivity index (χ3v) is 4.55. The Hall–Kier alpha value is -1.60. The van der Waals surface area contributed by atoms with Crippen LogP contribution in [0.1, 0.15) is 24.0 Å². The Bertz CT molecular complexity index is 578. The molecule has 1 aromatic carbocycles. The molecule has 1 N–H and O–H groups in total. The van der Waals surface area contributed by atoms with E-state index in [2.05, 4.69) is 4.90 Å². The number of alkyl halides is 3. The summed E-state index contributed by atoms with van der Waals surface area (Å²) in [6.07, 6.45) is -1.62. The van der Waals surface area contributed by atoms with Crippen molar-refractivity contribution in [2.45, 2.75) is 25.4 Å². The Morgan fingerprint density at radius 3 is 2.84 bits per heavy atom. The number of carboxylic acids is 1. The molecule has 0 unspecified atom stereocenters. The average molecular weight is 358 g/mol. The fourth-order valence-corrected chi connectivity index (χ4v) is 3.43. The fourth-order valence-electron chi connectivity index (χ4n) is 3.43. The summed E-state index contributed by atoms with van der Waals surface area (Å²) in [5.74, 6) is -0.431. The molecule has 140 valence electrons. The van der Waals surface area contributed by atoms with Crippen molar-refractivity contribution < 1.29 is 23.1 Å². The summed E-state index contributed by atoms with van der Waals surface area (Å²) < 4.78 is 38.3. The van der Waals surface area contributed by atoms with E-state index in [9.17, 15) is 18.0 Å². The van der Waals surface area contributed by atoms with Gasteiger partial charge in [0.1, 0.15) is 0 Å². The molecular formula is C18H25F3N2O2. The molecule has 25 heavy (non-hydrogen) atoms.